The van der Waals surface area contributed by atoms with Gasteiger partial charge in [0.05, 0.1) is 16.1 Å². The fourth-order valence-electron chi connectivity index (χ4n) is 4.90. The van der Waals surface area contributed by atoms with E-state index in [4.69, 9.17) is 22.0 Å². The van der Waals surface area contributed by atoms with E-state index in [0.29, 0.717) is 22.2 Å². The van der Waals surface area contributed by atoms with Gasteiger partial charge in [-0.15, -0.1) is 0 Å². The van der Waals surface area contributed by atoms with Crippen LogP contribution in [0.15, 0.2) is 42.5 Å². The first-order chi connectivity index (χ1) is 13.9. The van der Waals surface area contributed by atoms with Gasteiger partial charge >= 0.3 is 5.97 Å². The van der Waals surface area contributed by atoms with Crippen molar-refractivity contribution in [3.8, 4) is 6.07 Å². The molecule has 1 spiro atoms. The van der Waals surface area contributed by atoms with E-state index in [0.717, 1.165) is 50.3 Å². The molecule has 1 atom stereocenters. The lowest BCUT2D eigenvalue weighted by molar-refractivity contribution is 0.0697. The largest absolute Gasteiger partial charge is 0.478 e. The highest BCUT2D eigenvalue weighted by Crippen LogP contribution is 2.47. The highest BCUT2D eigenvalue weighted by molar-refractivity contribution is 6.32. The molecule has 0 saturated carbocycles. The predicted octanol–water partition coefficient (Wildman–Crippen LogP) is 4.80. The van der Waals surface area contributed by atoms with Crippen molar-refractivity contribution in [3.05, 3.63) is 58.6 Å². The van der Waals surface area contributed by atoms with Crippen LogP contribution < -0.4 is 9.80 Å². The average molecular weight is 410 g/mol. The van der Waals surface area contributed by atoms with Crippen molar-refractivity contribution in [2.45, 2.75) is 32.2 Å². The SMILES string of the molecule is C[C@@H]1N(c2ccc(C#N)c(Cl)c2)CCC12CCN(c1ccc(C(=O)O)cc1)CC2. The number of hydrogen-bond acceptors (Lipinski definition) is 4. The molecule has 2 fully saturated rings. The summed E-state index contributed by atoms with van der Waals surface area (Å²) in [5, 5.41) is 18.7. The highest BCUT2D eigenvalue weighted by Gasteiger charge is 2.46. The first-order valence-corrected chi connectivity index (χ1v) is 10.4. The van der Waals surface area contributed by atoms with Gasteiger partial charge in [0.2, 0.25) is 0 Å². The van der Waals surface area contributed by atoms with E-state index >= 15 is 0 Å². The Morgan fingerprint density at radius 1 is 1.10 bits per heavy atom. The zero-order valence-corrected chi connectivity index (χ0v) is 17.2. The molecule has 0 aromatic heterocycles. The second-order valence-corrected chi connectivity index (χ2v) is 8.50. The lowest BCUT2D eigenvalue weighted by Gasteiger charge is -2.44. The van der Waals surface area contributed by atoms with Gasteiger partial charge < -0.3 is 14.9 Å². The molecule has 0 bridgehead atoms. The van der Waals surface area contributed by atoms with Gasteiger partial charge in [-0.2, -0.15) is 5.26 Å². The molecule has 1 N–H and O–H groups in total. The molecule has 4 rings (SSSR count). The standard InChI is InChI=1S/C23H24ClN3O2/c1-16-23(10-13-27(16)20-7-4-18(15-25)21(24)14-20)8-11-26(12-9-23)19-5-2-17(3-6-19)22(28)29/h2-7,14,16H,8-13H2,1H3,(H,28,29)/t16-/m0/s1. The van der Waals surface area contributed by atoms with Crippen LogP contribution in [0.1, 0.15) is 42.1 Å². The van der Waals surface area contributed by atoms with Crippen molar-refractivity contribution in [3.63, 3.8) is 0 Å². The zero-order valence-electron chi connectivity index (χ0n) is 16.4. The van der Waals surface area contributed by atoms with Crippen LogP contribution in [-0.2, 0) is 0 Å². The number of aromatic carboxylic acids is 1. The number of benzene rings is 2. The van der Waals surface area contributed by atoms with Crippen LogP contribution in [0.5, 0.6) is 0 Å². The number of nitrogens with zero attached hydrogens (tertiary/aromatic N) is 3. The van der Waals surface area contributed by atoms with Crippen molar-refractivity contribution in [1.29, 1.82) is 5.26 Å². The first-order valence-electron chi connectivity index (χ1n) is 9.98. The van der Waals surface area contributed by atoms with Crippen LogP contribution >= 0.6 is 11.6 Å². The summed E-state index contributed by atoms with van der Waals surface area (Å²) >= 11 is 6.26. The Morgan fingerprint density at radius 2 is 1.72 bits per heavy atom. The first kappa shape index (κ1) is 19.6. The number of anilines is 2. The van der Waals surface area contributed by atoms with Crippen LogP contribution in [-0.4, -0.2) is 36.8 Å². The molecule has 0 radical (unpaired) electrons. The molecule has 150 valence electrons. The van der Waals surface area contributed by atoms with E-state index in [1.54, 1.807) is 18.2 Å². The number of halogens is 1. The van der Waals surface area contributed by atoms with E-state index in [9.17, 15) is 4.79 Å². The minimum absolute atomic E-state index is 0.276. The summed E-state index contributed by atoms with van der Waals surface area (Å²) < 4.78 is 0. The van der Waals surface area contributed by atoms with Gasteiger partial charge in [0.15, 0.2) is 0 Å². The molecule has 0 aliphatic carbocycles. The summed E-state index contributed by atoms with van der Waals surface area (Å²) in [6.45, 7) is 5.24. The molecular weight excluding hydrogens is 386 g/mol. The van der Waals surface area contributed by atoms with Crippen molar-refractivity contribution >= 4 is 28.9 Å². The zero-order chi connectivity index (χ0) is 20.6. The molecule has 2 aromatic rings. The van der Waals surface area contributed by atoms with Gasteiger partial charge in [-0.3, -0.25) is 0 Å². The maximum absolute atomic E-state index is 11.1. The van der Waals surface area contributed by atoms with Crippen LogP contribution in [0.25, 0.3) is 0 Å². The van der Waals surface area contributed by atoms with Crippen LogP contribution in [0.4, 0.5) is 11.4 Å². The predicted molar refractivity (Wildman–Crippen MR) is 115 cm³/mol. The monoisotopic (exact) mass is 409 g/mol. The summed E-state index contributed by atoms with van der Waals surface area (Å²) in [7, 11) is 0. The lowest BCUT2D eigenvalue weighted by atomic mass is 9.73. The number of rotatable bonds is 3. The van der Waals surface area contributed by atoms with E-state index in [1.165, 1.54) is 0 Å². The summed E-state index contributed by atoms with van der Waals surface area (Å²) in [4.78, 5) is 15.8. The maximum Gasteiger partial charge on any atom is 0.335 e. The normalized spacial score (nSPS) is 20.7. The molecule has 6 heteroatoms. The second-order valence-electron chi connectivity index (χ2n) is 8.10. The Balaban J connectivity index is 1.45. The van der Waals surface area contributed by atoms with Gasteiger partial charge in [-0.05, 0) is 74.1 Å². The maximum atomic E-state index is 11.1. The average Bonchev–Trinajstić information content (AvgIpc) is 3.04. The van der Waals surface area contributed by atoms with Crippen molar-refractivity contribution < 1.29 is 9.90 Å². The highest BCUT2D eigenvalue weighted by atomic mass is 35.5. The van der Waals surface area contributed by atoms with Crippen LogP contribution in [0.3, 0.4) is 0 Å². The Morgan fingerprint density at radius 3 is 2.31 bits per heavy atom. The van der Waals surface area contributed by atoms with Crippen LogP contribution in [0, 0.1) is 16.7 Å². The van der Waals surface area contributed by atoms with Crippen LogP contribution in [0.2, 0.25) is 5.02 Å². The fourth-order valence-corrected chi connectivity index (χ4v) is 5.11. The third kappa shape index (κ3) is 3.54. The van der Waals surface area contributed by atoms with Crippen molar-refractivity contribution in [1.82, 2.24) is 0 Å². The number of carboxylic acid groups (broad SMARTS) is 1. The minimum Gasteiger partial charge on any atom is -0.478 e. The van der Waals surface area contributed by atoms with Gasteiger partial charge in [0, 0.05) is 37.1 Å². The van der Waals surface area contributed by atoms with Gasteiger partial charge in [0.25, 0.3) is 0 Å². The molecule has 2 aliphatic rings. The van der Waals surface area contributed by atoms with Crippen molar-refractivity contribution in [2.24, 2.45) is 5.41 Å². The number of piperidine rings is 1. The Labute approximate surface area is 176 Å². The Kier molecular flexibility index (Phi) is 5.14. The Bertz CT molecular complexity index is 959. The summed E-state index contributed by atoms with van der Waals surface area (Å²) in [5.74, 6) is -0.892. The molecular formula is C23H24ClN3O2. The second kappa shape index (κ2) is 7.61. The van der Waals surface area contributed by atoms with E-state index in [-0.39, 0.29) is 5.41 Å². The summed E-state index contributed by atoms with van der Waals surface area (Å²) in [5.41, 5.74) is 3.29. The molecule has 0 amide bonds. The summed E-state index contributed by atoms with van der Waals surface area (Å²) in [6.07, 6.45) is 3.36. The number of hydrogen-bond donors (Lipinski definition) is 1. The van der Waals surface area contributed by atoms with Gasteiger partial charge in [-0.25, -0.2) is 4.79 Å². The van der Waals surface area contributed by atoms with E-state index < -0.39 is 5.97 Å². The van der Waals surface area contributed by atoms with E-state index in [2.05, 4.69) is 22.8 Å². The molecule has 5 nitrogen and oxygen atoms in total. The smallest absolute Gasteiger partial charge is 0.335 e. The minimum atomic E-state index is -0.892. The number of nitriles is 1. The quantitative estimate of drug-likeness (QED) is 0.788. The Hall–Kier alpha value is -2.71. The van der Waals surface area contributed by atoms with Gasteiger partial charge in [-0.1, -0.05) is 11.6 Å². The van der Waals surface area contributed by atoms with Gasteiger partial charge in [0.1, 0.15) is 6.07 Å². The molecule has 29 heavy (non-hydrogen) atoms. The third-order valence-electron chi connectivity index (χ3n) is 6.85. The number of carbonyl (C=O) groups is 1. The molecule has 2 aliphatic heterocycles. The molecule has 2 aromatic carbocycles. The molecule has 0 unspecified atom stereocenters. The fraction of sp³-hybridized carbons (Fsp3) is 0.391. The molecule has 2 heterocycles. The third-order valence-corrected chi connectivity index (χ3v) is 7.16. The molecule has 2 saturated heterocycles. The van der Waals surface area contributed by atoms with E-state index in [1.807, 2.05) is 24.3 Å². The summed E-state index contributed by atoms with van der Waals surface area (Å²) in [6, 6.07) is 15.4. The lowest BCUT2D eigenvalue weighted by Crippen LogP contribution is -2.46. The number of carboxylic acids is 1. The van der Waals surface area contributed by atoms with Crippen molar-refractivity contribution in [2.75, 3.05) is 29.4 Å². The topological polar surface area (TPSA) is 67.6 Å².